The van der Waals surface area contributed by atoms with Crippen molar-refractivity contribution in [3.8, 4) is 0 Å². The summed E-state index contributed by atoms with van der Waals surface area (Å²) in [5, 5.41) is 4.26. The van der Waals surface area contributed by atoms with Crippen LogP contribution in [0, 0.1) is 5.92 Å². The van der Waals surface area contributed by atoms with Gasteiger partial charge in [0.05, 0.1) is 6.42 Å². The number of carbonyl (C=O) groups excluding carboxylic acids is 1. The van der Waals surface area contributed by atoms with Crippen molar-refractivity contribution >= 4 is 16.8 Å². The lowest BCUT2D eigenvalue weighted by atomic mass is 10.0. The molecule has 0 aliphatic carbocycles. The minimum Gasteiger partial charge on any atom is -0.361 e. The summed E-state index contributed by atoms with van der Waals surface area (Å²) < 4.78 is 0. The minimum absolute atomic E-state index is 0.0643. The highest BCUT2D eigenvalue weighted by Crippen LogP contribution is 2.21. The predicted molar refractivity (Wildman–Crippen MR) is 94.1 cm³/mol. The third kappa shape index (κ3) is 4.01. The normalized spacial score (nSPS) is 11.0. The zero-order valence-electron chi connectivity index (χ0n) is 13.3. The van der Waals surface area contributed by atoms with Crippen molar-refractivity contribution in [2.24, 2.45) is 0 Å². The first-order valence-electron chi connectivity index (χ1n) is 7.89. The molecule has 23 heavy (non-hydrogen) atoms. The molecule has 3 heteroatoms. The molecule has 0 unspecified atom stereocenters. The van der Waals surface area contributed by atoms with Crippen LogP contribution in [0.5, 0.6) is 0 Å². The van der Waals surface area contributed by atoms with E-state index in [2.05, 4.69) is 41.6 Å². The molecule has 1 radical (unpaired) electrons. The van der Waals surface area contributed by atoms with E-state index >= 15 is 0 Å². The van der Waals surface area contributed by atoms with Crippen LogP contribution >= 0.6 is 0 Å². The molecule has 2 N–H and O–H groups in total. The van der Waals surface area contributed by atoms with Gasteiger partial charge in [-0.3, -0.25) is 4.79 Å². The standard InChI is InChI=1S/C20H21N2O/c1-15(11-17-14-21-19-10-6-5-9-18(17)19)13-22-20(23)12-16-7-3-2-4-8-16/h2-10,14,21H,11-13H2,1H3,(H,22,23). The topological polar surface area (TPSA) is 44.9 Å². The summed E-state index contributed by atoms with van der Waals surface area (Å²) in [4.78, 5) is 15.3. The molecule has 0 spiro atoms. The lowest BCUT2D eigenvalue weighted by molar-refractivity contribution is -0.120. The van der Waals surface area contributed by atoms with Crippen molar-refractivity contribution in [1.29, 1.82) is 0 Å². The molecule has 0 aliphatic heterocycles. The third-order valence-electron chi connectivity index (χ3n) is 3.96. The number of carbonyl (C=O) groups is 1. The zero-order valence-corrected chi connectivity index (χ0v) is 13.3. The van der Waals surface area contributed by atoms with Crippen molar-refractivity contribution in [2.45, 2.75) is 19.8 Å². The number of amides is 1. The zero-order chi connectivity index (χ0) is 16.1. The summed E-state index contributed by atoms with van der Waals surface area (Å²) in [7, 11) is 0. The van der Waals surface area contributed by atoms with Gasteiger partial charge in [-0.15, -0.1) is 0 Å². The van der Waals surface area contributed by atoms with Gasteiger partial charge in [-0.1, -0.05) is 55.5 Å². The molecule has 3 rings (SSSR count). The Bertz CT molecular complexity index is 776. The Morgan fingerprint density at radius 1 is 1.00 bits per heavy atom. The summed E-state index contributed by atoms with van der Waals surface area (Å²) >= 11 is 0. The molecule has 0 bridgehead atoms. The number of fused-ring (bicyclic) bond motifs is 1. The predicted octanol–water partition coefficient (Wildman–Crippen LogP) is 3.66. The molecule has 1 heterocycles. The number of para-hydroxylation sites is 1. The SMILES string of the molecule is C[C](CNC(=O)Cc1ccccc1)Cc1c[nH]c2ccccc12. The second kappa shape index (κ2) is 7.14. The van der Waals surface area contributed by atoms with Crippen LogP contribution in [-0.4, -0.2) is 17.4 Å². The van der Waals surface area contributed by atoms with E-state index in [1.807, 2.05) is 36.4 Å². The second-order valence-electron chi connectivity index (χ2n) is 5.93. The number of hydrogen-bond acceptors (Lipinski definition) is 1. The van der Waals surface area contributed by atoms with Crippen LogP contribution in [0.25, 0.3) is 10.9 Å². The van der Waals surface area contributed by atoms with Gasteiger partial charge >= 0.3 is 0 Å². The van der Waals surface area contributed by atoms with E-state index in [0.29, 0.717) is 13.0 Å². The van der Waals surface area contributed by atoms with Crippen LogP contribution < -0.4 is 5.32 Å². The molecule has 3 nitrogen and oxygen atoms in total. The van der Waals surface area contributed by atoms with Gasteiger partial charge in [0, 0.05) is 23.6 Å². The maximum Gasteiger partial charge on any atom is 0.224 e. The lowest BCUT2D eigenvalue weighted by Crippen LogP contribution is -2.29. The molecular weight excluding hydrogens is 284 g/mol. The van der Waals surface area contributed by atoms with Gasteiger partial charge in [0.1, 0.15) is 0 Å². The van der Waals surface area contributed by atoms with Crippen LogP contribution in [0.1, 0.15) is 18.1 Å². The minimum atomic E-state index is 0.0643. The van der Waals surface area contributed by atoms with Crippen LogP contribution in [0.3, 0.4) is 0 Å². The number of rotatable bonds is 6. The first kappa shape index (κ1) is 15.3. The Balaban J connectivity index is 1.51. The molecule has 0 atom stereocenters. The number of benzene rings is 2. The van der Waals surface area contributed by atoms with Gasteiger partial charge in [0.2, 0.25) is 5.91 Å². The Labute approximate surface area is 136 Å². The van der Waals surface area contributed by atoms with E-state index in [0.717, 1.165) is 17.5 Å². The van der Waals surface area contributed by atoms with E-state index < -0.39 is 0 Å². The average molecular weight is 305 g/mol. The third-order valence-corrected chi connectivity index (χ3v) is 3.96. The molecule has 0 saturated carbocycles. The first-order chi connectivity index (χ1) is 11.2. The van der Waals surface area contributed by atoms with Crippen molar-refractivity contribution in [3.63, 3.8) is 0 Å². The van der Waals surface area contributed by atoms with Gasteiger partial charge in [-0.25, -0.2) is 0 Å². The fourth-order valence-corrected chi connectivity index (χ4v) is 2.76. The maximum absolute atomic E-state index is 12.0. The lowest BCUT2D eigenvalue weighted by Gasteiger charge is -2.12. The molecule has 0 aliphatic rings. The van der Waals surface area contributed by atoms with Gasteiger partial charge in [-0.05, 0) is 29.5 Å². The van der Waals surface area contributed by atoms with Crippen LogP contribution in [0.2, 0.25) is 0 Å². The summed E-state index contributed by atoms with van der Waals surface area (Å²) in [6.07, 6.45) is 3.36. The van der Waals surface area contributed by atoms with E-state index in [4.69, 9.17) is 0 Å². The van der Waals surface area contributed by atoms with E-state index in [-0.39, 0.29) is 5.91 Å². The van der Waals surface area contributed by atoms with Crippen molar-refractivity contribution < 1.29 is 4.79 Å². The maximum atomic E-state index is 12.0. The number of aromatic nitrogens is 1. The Morgan fingerprint density at radius 2 is 1.74 bits per heavy atom. The Hall–Kier alpha value is -2.55. The molecule has 2 aromatic carbocycles. The summed E-state index contributed by atoms with van der Waals surface area (Å²) in [6, 6.07) is 18.1. The molecule has 0 saturated heterocycles. The number of aromatic amines is 1. The molecule has 1 aromatic heterocycles. The Kier molecular flexibility index (Phi) is 4.77. The highest BCUT2D eigenvalue weighted by molar-refractivity contribution is 5.83. The van der Waals surface area contributed by atoms with Crippen LogP contribution in [-0.2, 0) is 17.6 Å². The van der Waals surface area contributed by atoms with Gasteiger partial charge in [0.15, 0.2) is 0 Å². The largest absolute Gasteiger partial charge is 0.361 e. The molecular formula is C20H21N2O. The van der Waals surface area contributed by atoms with Crippen molar-refractivity contribution in [3.05, 3.63) is 77.8 Å². The van der Waals surface area contributed by atoms with Crippen LogP contribution in [0.4, 0.5) is 0 Å². The molecule has 0 fully saturated rings. The monoisotopic (exact) mass is 305 g/mol. The van der Waals surface area contributed by atoms with Crippen molar-refractivity contribution in [2.75, 3.05) is 6.54 Å². The number of H-pyrrole nitrogens is 1. The summed E-state index contributed by atoms with van der Waals surface area (Å²) in [5.74, 6) is 1.31. The summed E-state index contributed by atoms with van der Waals surface area (Å²) in [6.45, 7) is 2.70. The second-order valence-corrected chi connectivity index (χ2v) is 5.93. The fourth-order valence-electron chi connectivity index (χ4n) is 2.76. The fraction of sp³-hybridized carbons (Fsp3) is 0.200. The average Bonchev–Trinajstić information content (AvgIpc) is 2.97. The van der Waals surface area contributed by atoms with Gasteiger partial charge in [0.25, 0.3) is 0 Å². The van der Waals surface area contributed by atoms with E-state index in [1.165, 1.54) is 16.9 Å². The van der Waals surface area contributed by atoms with E-state index in [1.54, 1.807) is 0 Å². The number of nitrogens with one attached hydrogen (secondary N) is 2. The van der Waals surface area contributed by atoms with Gasteiger partial charge < -0.3 is 10.3 Å². The van der Waals surface area contributed by atoms with Crippen LogP contribution in [0.15, 0.2) is 60.8 Å². The quantitative estimate of drug-likeness (QED) is 0.717. The summed E-state index contributed by atoms with van der Waals surface area (Å²) in [5.41, 5.74) is 3.47. The highest BCUT2D eigenvalue weighted by Gasteiger charge is 2.10. The number of hydrogen-bond donors (Lipinski definition) is 2. The molecule has 117 valence electrons. The van der Waals surface area contributed by atoms with E-state index in [9.17, 15) is 4.79 Å². The molecule has 1 amide bonds. The Morgan fingerprint density at radius 3 is 2.57 bits per heavy atom. The van der Waals surface area contributed by atoms with Gasteiger partial charge in [-0.2, -0.15) is 0 Å². The molecule has 3 aromatic rings. The highest BCUT2D eigenvalue weighted by atomic mass is 16.1. The smallest absolute Gasteiger partial charge is 0.224 e. The van der Waals surface area contributed by atoms with Crippen molar-refractivity contribution in [1.82, 2.24) is 10.3 Å². The first-order valence-corrected chi connectivity index (χ1v) is 7.89.